The molecular weight excluding hydrogens is 674 g/mol. The van der Waals surface area contributed by atoms with Crippen molar-refractivity contribution in [2.75, 3.05) is 32.7 Å². The second-order valence-corrected chi connectivity index (χ2v) is 16.8. The Kier molecular flexibility index (Phi) is 12.9. The van der Waals surface area contributed by atoms with Gasteiger partial charge in [0.25, 0.3) is 5.91 Å². The number of nitrogens with zero attached hydrogens (tertiary/aromatic N) is 2. The fraction of sp³-hybridized carbons (Fsp3) is 0.650. The number of likely N-dealkylation sites (tertiary alicyclic amines) is 1. The van der Waals surface area contributed by atoms with Gasteiger partial charge in [-0.2, -0.15) is 0 Å². The predicted molar refractivity (Wildman–Crippen MR) is 202 cm³/mol. The normalized spacial score (nSPS) is 22.0. The van der Waals surface area contributed by atoms with Crippen LogP contribution in [0.2, 0.25) is 0 Å². The Balaban J connectivity index is 1.39. The molecule has 0 aromatic heterocycles. The highest BCUT2D eigenvalue weighted by Gasteiger charge is 2.48. The van der Waals surface area contributed by atoms with Crippen LogP contribution in [0.1, 0.15) is 77.8 Å². The molecular formula is C40H59N7O6. The van der Waals surface area contributed by atoms with Crippen molar-refractivity contribution in [3.63, 3.8) is 0 Å². The summed E-state index contributed by atoms with van der Waals surface area (Å²) in [6.45, 7) is 15.6. The summed E-state index contributed by atoms with van der Waals surface area (Å²) in [6.07, 6.45) is 6.26. The quantitative estimate of drug-likeness (QED) is 0.137. The van der Waals surface area contributed by atoms with E-state index in [-0.39, 0.29) is 42.2 Å². The van der Waals surface area contributed by atoms with Crippen LogP contribution < -0.4 is 26.6 Å². The fourth-order valence-corrected chi connectivity index (χ4v) is 8.02. The van der Waals surface area contributed by atoms with Crippen molar-refractivity contribution in [1.29, 1.82) is 0 Å². The fourth-order valence-electron chi connectivity index (χ4n) is 8.02. The van der Waals surface area contributed by atoms with E-state index < -0.39 is 53.2 Å². The van der Waals surface area contributed by atoms with Gasteiger partial charge in [0.15, 0.2) is 0 Å². The molecule has 1 saturated carbocycles. The molecule has 0 spiro atoms. The van der Waals surface area contributed by atoms with Crippen molar-refractivity contribution in [2.24, 2.45) is 29.1 Å². The van der Waals surface area contributed by atoms with Gasteiger partial charge in [0.1, 0.15) is 12.1 Å². The van der Waals surface area contributed by atoms with Crippen molar-refractivity contribution >= 4 is 35.6 Å². The SMILES string of the molecule is C=CCNC(=O)C(=O)C(CC1CC1)NC(=O)[C@@H]1C(C(C)C)CCN1C(=O)[C@@H](NC(=O)N[C@H](CN1CCCNC1=O)C(C)(C)C)C1Cc2ccccc2C1. The lowest BCUT2D eigenvalue weighted by atomic mass is 9.86. The minimum absolute atomic E-state index is 0.0435. The van der Waals surface area contributed by atoms with Crippen molar-refractivity contribution < 1.29 is 28.8 Å². The summed E-state index contributed by atoms with van der Waals surface area (Å²) < 4.78 is 0. The Labute approximate surface area is 313 Å². The summed E-state index contributed by atoms with van der Waals surface area (Å²) in [5.74, 6) is -2.46. The number of urea groups is 2. The van der Waals surface area contributed by atoms with Crippen molar-refractivity contribution in [3.8, 4) is 0 Å². The van der Waals surface area contributed by atoms with Crippen LogP contribution in [0, 0.1) is 29.1 Å². The van der Waals surface area contributed by atoms with Gasteiger partial charge in [0, 0.05) is 32.7 Å². The Morgan fingerprint density at radius 3 is 2.25 bits per heavy atom. The molecule has 0 bridgehead atoms. The maximum absolute atomic E-state index is 14.9. The number of hydrogen-bond donors (Lipinski definition) is 5. The number of benzene rings is 1. The number of amides is 7. The third-order valence-corrected chi connectivity index (χ3v) is 11.4. The van der Waals surface area contributed by atoms with Gasteiger partial charge < -0.3 is 36.4 Å². The molecule has 5 N–H and O–H groups in total. The van der Waals surface area contributed by atoms with E-state index in [2.05, 4.69) is 33.2 Å². The van der Waals surface area contributed by atoms with Crippen LogP contribution in [0.3, 0.4) is 0 Å². The summed E-state index contributed by atoms with van der Waals surface area (Å²) in [7, 11) is 0. The number of rotatable bonds is 15. The zero-order valence-corrected chi connectivity index (χ0v) is 32.0. The number of carbonyl (C=O) groups is 6. The second kappa shape index (κ2) is 17.2. The molecule has 5 rings (SSSR count). The molecule has 2 unspecified atom stereocenters. The van der Waals surface area contributed by atoms with Gasteiger partial charge in [-0.15, -0.1) is 6.58 Å². The average molecular weight is 734 g/mol. The topological polar surface area (TPSA) is 169 Å². The van der Waals surface area contributed by atoms with Gasteiger partial charge in [0.2, 0.25) is 17.6 Å². The molecule has 2 aliphatic heterocycles. The van der Waals surface area contributed by atoms with Crippen LogP contribution in [0.5, 0.6) is 0 Å². The smallest absolute Gasteiger partial charge is 0.317 e. The highest BCUT2D eigenvalue weighted by atomic mass is 16.2. The monoisotopic (exact) mass is 733 g/mol. The first kappa shape index (κ1) is 39.8. The molecule has 290 valence electrons. The van der Waals surface area contributed by atoms with Gasteiger partial charge in [-0.1, -0.05) is 77.8 Å². The maximum atomic E-state index is 14.9. The molecule has 2 aliphatic carbocycles. The van der Waals surface area contributed by atoms with E-state index in [1.54, 1.807) is 9.80 Å². The van der Waals surface area contributed by atoms with Gasteiger partial charge >= 0.3 is 12.1 Å². The van der Waals surface area contributed by atoms with E-state index in [1.807, 2.05) is 58.9 Å². The molecule has 0 radical (unpaired) electrons. The second-order valence-electron chi connectivity index (χ2n) is 16.8. The molecule has 53 heavy (non-hydrogen) atoms. The minimum atomic E-state index is -1.01. The molecule has 13 heteroatoms. The highest BCUT2D eigenvalue weighted by molar-refractivity contribution is 6.38. The molecule has 4 aliphatic rings. The number of ketones is 1. The van der Waals surface area contributed by atoms with Crippen LogP contribution in [-0.4, -0.2) is 102 Å². The Morgan fingerprint density at radius 2 is 1.66 bits per heavy atom. The van der Waals surface area contributed by atoms with E-state index in [9.17, 15) is 28.8 Å². The molecule has 1 aromatic carbocycles. The van der Waals surface area contributed by atoms with E-state index in [4.69, 9.17) is 0 Å². The lowest BCUT2D eigenvalue weighted by Crippen LogP contribution is -2.62. The van der Waals surface area contributed by atoms with E-state index in [1.165, 1.54) is 6.08 Å². The lowest BCUT2D eigenvalue weighted by Gasteiger charge is -2.38. The number of carbonyl (C=O) groups excluding carboxylic acids is 6. The number of fused-ring (bicyclic) bond motifs is 1. The van der Waals surface area contributed by atoms with Crippen LogP contribution in [0.15, 0.2) is 36.9 Å². The average Bonchev–Trinajstić information content (AvgIpc) is 3.64. The maximum Gasteiger partial charge on any atom is 0.317 e. The third kappa shape index (κ3) is 9.97. The molecule has 13 nitrogen and oxygen atoms in total. The summed E-state index contributed by atoms with van der Waals surface area (Å²) in [4.78, 5) is 85.0. The van der Waals surface area contributed by atoms with Gasteiger partial charge in [-0.05, 0) is 72.3 Å². The standard InChI is InChI=1S/C40H59N7O6/c1-7-16-41-36(50)34(48)30(20-25-13-14-25)43-35(49)33-29(24(2)3)15-19-47(33)37(51)32(28-21-26-11-8-9-12-27(26)22-28)45-38(52)44-31(40(4,5)6)23-46-18-10-17-42-39(46)53/h7-9,11-12,24-25,28-33H,1,10,13-23H2,2-6H3,(H,41,50)(H,42,53)(H,43,49)(H2,44,45,52)/t29?,30?,31-,32+,33+/m1/s1. The Morgan fingerprint density at radius 1 is 0.981 bits per heavy atom. The first-order valence-corrected chi connectivity index (χ1v) is 19.4. The van der Waals surface area contributed by atoms with Crippen LogP contribution in [0.4, 0.5) is 9.59 Å². The number of nitrogens with one attached hydrogen (secondary N) is 5. The summed E-state index contributed by atoms with van der Waals surface area (Å²) >= 11 is 0. The Bertz CT molecular complexity index is 1530. The minimum Gasteiger partial charge on any atom is -0.346 e. The van der Waals surface area contributed by atoms with E-state index in [0.29, 0.717) is 51.9 Å². The largest absolute Gasteiger partial charge is 0.346 e. The van der Waals surface area contributed by atoms with Crippen LogP contribution in [0.25, 0.3) is 0 Å². The van der Waals surface area contributed by atoms with E-state index >= 15 is 0 Å². The zero-order valence-electron chi connectivity index (χ0n) is 32.0. The predicted octanol–water partition coefficient (Wildman–Crippen LogP) is 2.93. The van der Waals surface area contributed by atoms with Crippen LogP contribution >= 0.6 is 0 Å². The number of hydrogen-bond acceptors (Lipinski definition) is 6. The van der Waals surface area contributed by atoms with Crippen molar-refractivity contribution in [3.05, 3.63) is 48.0 Å². The molecule has 5 atom stereocenters. The lowest BCUT2D eigenvalue weighted by molar-refractivity contribution is -0.144. The van der Waals surface area contributed by atoms with Gasteiger partial charge in [-0.25, -0.2) is 9.59 Å². The molecule has 3 fully saturated rings. The zero-order chi connectivity index (χ0) is 38.4. The molecule has 1 aromatic rings. The summed E-state index contributed by atoms with van der Waals surface area (Å²) in [5.41, 5.74) is 1.83. The first-order valence-electron chi connectivity index (χ1n) is 19.4. The summed E-state index contributed by atoms with van der Waals surface area (Å²) in [5, 5.41) is 14.4. The molecule has 7 amide bonds. The third-order valence-electron chi connectivity index (χ3n) is 11.4. The molecule has 2 heterocycles. The van der Waals surface area contributed by atoms with E-state index in [0.717, 1.165) is 30.4 Å². The number of Topliss-reactive ketones (excluding diaryl/α,β-unsaturated/α-hetero) is 1. The van der Waals surface area contributed by atoms with Crippen LogP contribution in [-0.2, 0) is 32.0 Å². The van der Waals surface area contributed by atoms with Gasteiger partial charge in [-0.3, -0.25) is 19.2 Å². The highest BCUT2D eigenvalue weighted by Crippen LogP contribution is 2.36. The van der Waals surface area contributed by atoms with Crippen molar-refractivity contribution in [2.45, 2.75) is 104 Å². The van der Waals surface area contributed by atoms with Crippen molar-refractivity contribution in [1.82, 2.24) is 36.4 Å². The Hall–Kier alpha value is -4.42. The first-order chi connectivity index (χ1) is 25.2. The van der Waals surface area contributed by atoms with Gasteiger partial charge in [0.05, 0.1) is 12.1 Å². The molecule has 2 saturated heterocycles. The summed E-state index contributed by atoms with van der Waals surface area (Å²) in [6, 6.07) is 4.08.